The zero-order valence-corrected chi connectivity index (χ0v) is 14.0. The van der Waals surface area contributed by atoms with Crippen molar-refractivity contribution < 1.29 is 8.42 Å². The van der Waals surface area contributed by atoms with Crippen molar-refractivity contribution in [2.45, 2.75) is 5.16 Å². The van der Waals surface area contributed by atoms with E-state index < -0.39 is 9.84 Å². The number of aromatic amines is 1. The molecule has 0 radical (unpaired) electrons. The van der Waals surface area contributed by atoms with Crippen LogP contribution in [0.2, 0.25) is 0 Å². The van der Waals surface area contributed by atoms with Gasteiger partial charge in [0, 0.05) is 22.7 Å². The third-order valence-corrected chi connectivity index (χ3v) is 4.78. The molecular weight excluding hydrogens is 336 g/mol. The lowest BCUT2D eigenvalue weighted by Gasteiger charge is -2.06. The third kappa shape index (κ3) is 2.53. The molecule has 0 aliphatic heterocycles. The van der Waals surface area contributed by atoms with Crippen LogP contribution in [0.25, 0.3) is 33.2 Å². The molecule has 0 amide bonds. The first kappa shape index (κ1) is 15.3. The first-order valence-electron chi connectivity index (χ1n) is 7.46. The van der Waals surface area contributed by atoms with Gasteiger partial charge < -0.3 is 4.98 Å². The van der Waals surface area contributed by atoms with Crippen LogP contribution >= 0.6 is 0 Å². The highest BCUT2D eigenvalue weighted by atomic mass is 32.2. The van der Waals surface area contributed by atoms with Crippen molar-refractivity contribution >= 4 is 31.8 Å². The summed E-state index contributed by atoms with van der Waals surface area (Å²) >= 11 is 0. The Labute approximate surface area is 143 Å². The second-order valence-electron chi connectivity index (χ2n) is 5.71. The average molecular weight is 348 g/mol. The summed E-state index contributed by atoms with van der Waals surface area (Å²) in [6, 6.07) is 16.7. The van der Waals surface area contributed by atoms with Crippen molar-refractivity contribution in [2.24, 2.45) is 0 Å². The van der Waals surface area contributed by atoms with Gasteiger partial charge in [0.05, 0.1) is 22.7 Å². The number of nitriles is 1. The van der Waals surface area contributed by atoms with E-state index in [1.54, 1.807) is 18.2 Å². The molecule has 0 fully saturated rings. The summed E-state index contributed by atoms with van der Waals surface area (Å²) in [7, 11) is -3.57. The molecule has 25 heavy (non-hydrogen) atoms. The van der Waals surface area contributed by atoms with Gasteiger partial charge in [-0.1, -0.05) is 30.3 Å². The van der Waals surface area contributed by atoms with Gasteiger partial charge in [0.2, 0.25) is 15.0 Å². The van der Waals surface area contributed by atoms with E-state index in [1.807, 2.05) is 30.3 Å². The van der Waals surface area contributed by atoms with Gasteiger partial charge in [-0.3, -0.25) is 0 Å². The smallest absolute Gasteiger partial charge is 0.249 e. The van der Waals surface area contributed by atoms with E-state index >= 15 is 0 Å². The molecule has 0 unspecified atom stereocenters. The molecule has 2 aromatic heterocycles. The van der Waals surface area contributed by atoms with Crippen LogP contribution in [0.3, 0.4) is 0 Å². The predicted octanol–water partition coefficient (Wildman–Crippen LogP) is 3.05. The minimum Gasteiger partial charge on any atom is -0.339 e. The SMILES string of the molecule is CS(=O)(=O)c1nc(-c2ccccc2)c2c(n1)[nH]c1ccc(C#N)cc12. The summed E-state index contributed by atoms with van der Waals surface area (Å²) in [6.07, 6.45) is 1.08. The Morgan fingerprint density at radius 1 is 1.08 bits per heavy atom. The zero-order chi connectivity index (χ0) is 17.6. The fourth-order valence-corrected chi connectivity index (χ4v) is 3.33. The van der Waals surface area contributed by atoms with E-state index in [0.717, 1.165) is 22.7 Å². The van der Waals surface area contributed by atoms with Crippen LogP contribution in [-0.2, 0) is 9.84 Å². The van der Waals surface area contributed by atoms with Crippen LogP contribution in [-0.4, -0.2) is 29.6 Å². The molecule has 2 heterocycles. The Bertz CT molecular complexity index is 1270. The Morgan fingerprint density at radius 3 is 2.52 bits per heavy atom. The van der Waals surface area contributed by atoms with Crippen molar-refractivity contribution in [1.29, 1.82) is 5.26 Å². The molecule has 0 aliphatic rings. The second kappa shape index (κ2) is 5.40. The topological polar surface area (TPSA) is 99.5 Å². The summed E-state index contributed by atoms with van der Waals surface area (Å²) < 4.78 is 24.0. The highest BCUT2D eigenvalue weighted by molar-refractivity contribution is 7.90. The molecule has 122 valence electrons. The maximum absolute atomic E-state index is 12.0. The number of nitrogens with zero attached hydrogens (tertiary/aromatic N) is 3. The minimum atomic E-state index is -3.57. The van der Waals surface area contributed by atoms with Crippen LogP contribution in [0.15, 0.2) is 53.7 Å². The summed E-state index contributed by atoms with van der Waals surface area (Å²) in [6.45, 7) is 0. The predicted molar refractivity (Wildman–Crippen MR) is 94.7 cm³/mol. The second-order valence-corrected chi connectivity index (χ2v) is 7.62. The number of fused-ring (bicyclic) bond motifs is 3. The van der Waals surface area contributed by atoms with E-state index in [9.17, 15) is 13.7 Å². The highest BCUT2D eigenvalue weighted by Gasteiger charge is 2.20. The van der Waals surface area contributed by atoms with Crippen LogP contribution < -0.4 is 0 Å². The van der Waals surface area contributed by atoms with Gasteiger partial charge in [-0.2, -0.15) is 5.26 Å². The molecule has 0 aliphatic carbocycles. The number of rotatable bonds is 2. The molecule has 7 heteroatoms. The minimum absolute atomic E-state index is 0.231. The number of nitrogens with one attached hydrogen (secondary N) is 1. The maximum Gasteiger partial charge on any atom is 0.249 e. The molecule has 0 saturated heterocycles. The molecule has 4 aromatic rings. The first-order valence-corrected chi connectivity index (χ1v) is 9.35. The van der Waals surface area contributed by atoms with Crippen LogP contribution in [0.1, 0.15) is 5.56 Å². The van der Waals surface area contributed by atoms with Gasteiger partial charge >= 0.3 is 0 Å². The summed E-state index contributed by atoms with van der Waals surface area (Å²) in [5.41, 5.74) is 3.01. The third-order valence-electron chi connectivity index (χ3n) is 3.94. The Kier molecular flexibility index (Phi) is 3.30. The van der Waals surface area contributed by atoms with E-state index in [4.69, 9.17) is 0 Å². The molecule has 0 spiro atoms. The lowest BCUT2D eigenvalue weighted by Crippen LogP contribution is -2.05. The Balaban J connectivity index is 2.20. The number of hydrogen-bond acceptors (Lipinski definition) is 5. The standard InChI is InChI=1S/C18H12N4O2S/c1-25(23,24)18-21-16(12-5-3-2-4-6-12)15-13-9-11(10-19)7-8-14(13)20-17(15)22-18/h2-9H,1H3,(H,20,21,22). The van der Waals surface area contributed by atoms with Crippen molar-refractivity contribution in [1.82, 2.24) is 15.0 Å². The van der Waals surface area contributed by atoms with E-state index in [0.29, 0.717) is 22.3 Å². The summed E-state index contributed by atoms with van der Waals surface area (Å²) in [5, 5.41) is 10.4. The van der Waals surface area contributed by atoms with E-state index in [-0.39, 0.29) is 5.16 Å². The van der Waals surface area contributed by atoms with Gasteiger partial charge in [-0.05, 0) is 18.2 Å². The largest absolute Gasteiger partial charge is 0.339 e. The number of hydrogen-bond donors (Lipinski definition) is 1. The molecule has 1 N–H and O–H groups in total. The fourth-order valence-electron chi connectivity index (χ4n) is 2.81. The Morgan fingerprint density at radius 2 is 1.84 bits per heavy atom. The van der Waals surface area contributed by atoms with Gasteiger partial charge in [-0.15, -0.1) is 0 Å². The van der Waals surface area contributed by atoms with Crippen molar-refractivity contribution in [3.63, 3.8) is 0 Å². The molecule has 0 saturated carbocycles. The Hall–Kier alpha value is -3.24. The van der Waals surface area contributed by atoms with Gasteiger partial charge in [0.1, 0.15) is 5.65 Å². The van der Waals surface area contributed by atoms with Crippen LogP contribution in [0, 0.1) is 11.3 Å². The van der Waals surface area contributed by atoms with E-state index in [1.165, 1.54) is 0 Å². The number of aromatic nitrogens is 3. The maximum atomic E-state index is 12.0. The molecule has 6 nitrogen and oxygen atoms in total. The first-order chi connectivity index (χ1) is 12.0. The molecule has 2 aromatic carbocycles. The zero-order valence-electron chi connectivity index (χ0n) is 13.2. The molecule has 4 rings (SSSR count). The van der Waals surface area contributed by atoms with Gasteiger partial charge in [0.15, 0.2) is 0 Å². The normalized spacial score (nSPS) is 11.7. The van der Waals surface area contributed by atoms with Crippen molar-refractivity contribution in [3.05, 3.63) is 54.1 Å². The van der Waals surface area contributed by atoms with Gasteiger partial charge in [0.25, 0.3) is 0 Å². The fraction of sp³-hybridized carbons (Fsp3) is 0.0556. The molecule has 0 atom stereocenters. The lowest BCUT2D eigenvalue weighted by molar-refractivity contribution is 0.594. The van der Waals surface area contributed by atoms with Gasteiger partial charge in [-0.25, -0.2) is 18.4 Å². The quantitative estimate of drug-likeness (QED) is 0.561. The average Bonchev–Trinajstić information content (AvgIpc) is 2.98. The lowest BCUT2D eigenvalue weighted by atomic mass is 10.1. The molecular formula is C18H12N4O2S. The highest BCUT2D eigenvalue weighted by Crippen LogP contribution is 2.33. The number of sulfone groups is 1. The van der Waals surface area contributed by atoms with E-state index in [2.05, 4.69) is 21.0 Å². The number of benzene rings is 2. The van der Waals surface area contributed by atoms with Crippen molar-refractivity contribution in [2.75, 3.05) is 6.26 Å². The summed E-state index contributed by atoms with van der Waals surface area (Å²) in [4.78, 5) is 11.6. The summed E-state index contributed by atoms with van der Waals surface area (Å²) in [5.74, 6) is 0. The van der Waals surface area contributed by atoms with Crippen LogP contribution in [0.5, 0.6) is 0 Å². The van der Waals surface area contributed by atoms with Crippen LogP contribution in [0.4, 0.5) is 0 Å². The number of H-pyrrole nitrogens is 1. The molecule has 0 bridgehead atoms. The monoisotopic (exact) mass is 348 g/mol. The van der Waals surface area contributed by atoms with Crippen molar-refractivity contribution in [3.8, 4) is 17.3 Å².